The number of aromatic nitrogens is 1. The van der Waals surface area contributed by atoms with Crippen molar-refractivity contribution in [3.8, 4) is 0 Å². The van der Waals surface area contributed by atoms with E-state index in [4.69, 9.17) is 11.6 Å². The molecule has 1 aromatic heterocycles. The van der Waals surface area contributed by atoms with Crippen LogP contribution >= 0.6 is 11.6 Å². The van der Waals surface area contributed by atoms with Crippen LogP contribution in [0.5, 0.6) is 0 Å². The Morgan fingerprint density at radius 3 is 2.74 bits per heavy atom. The van der Waals surface area contributed by atoms with Crippen molar-refractivity contribution in [1.82, 2.24) is 15.2 Å². The van der Waals surface area contributed by atoms with Crippen LogP contribution in [-0.4, -0.2) is 42.0 Å². The minimum absolute atomic E-state index is 0.123. The van der Waals surface area contributed by atoms with Crippen molar-refractivity contribution in [3.63, 3.8) is 0 Å². The average molecular weight is 282 g/mol. The number of nitrogens with zero attached hydrogens (tertiary/aromatic N) is 2. The van der Waals surface area contributed by atoms with E-state index >= 15 is 0 Å². The summed E-state index contributed by atoms with van der Waals surface area (Å²) in [5.41, 5.74) is 0.493. The third kappa shape index (κ3) is 4.48. The first-order chi connectivity index (χ1) is 9.27. The molecule has 0 spiro atoms. The molecule has 1 amide bonds. The van der Waals surface area contributed by atoms with Crippen LogP contribution < -0.4 is 5.32 Å². The molecule has 0 radical (unpaired) electrons. The molecule has 2 heterocycles. The summed E-state index contributed by atoms with van der Waals surface area (Å²) in [6, 6.07) is 1.64. The second-order valence-corrected chi connectivity index (χ2v) is 5.27. The monoisotopic (exact) mass is 281 g/mol. The predicted octanol–water partition coefficient (Wildman–Crippen LogP) is 2.34. The minimum Gasteiger partial charge on any atom is -0.351 e. The summed E-state index contributed by atoms with van der Waals surface area (Å²) in [4.78, 5) is 18.2. The van der Waals surface area contributed by atoms with Crippen molar-refractivity contribution >= 4 is 17.5 Å². The van der Waals surface area contributed by atoms with E-state index in [1.54, 1.807) is 12.3 Å². The second-order valence-electron chi connectivity index (χ2n) is 4.87. The number of nitrogens with one attached hydrogen (secondary N) is 1. The summed E-state index contributed by atoms with van der Waals surface area (Å²) in [7, 11) is 0. The number of halogens is 1. The highest BCUT2D eigenvalue weighted by molar-refractivity contribution is 6.33. The number of rotatable bonds is 4. The van der Waals surface area contributed by atoms with Crippen molar-refractivity contribution in [2.75, 3.05) is 26.2 Å². The van der Waals surface area contributed by atoms with Gasteiger partial charge in [-0.1, -0.05) is 24.4 Å². The van der Waals surface area contributed by atoms with Gasteiger partial charge in [0.05, 0.1) is 10.6 Å². The Labute approximate surface area is 119 Å². The van der Waals surface area contributed by atoms with Gasteiger partial charge in [-0.2, -0.15) is 0 Å². The highest BCUT2D eigenvalue weighted by atomic mass is 35.5. The molecule has 0 atom stereocenters. The summed E-state index contributed by atoms with van der Waals surface area (Å²) in [5.74, 6) is -0.123. The molecule has 1 aliphatic heterocycles. The van der Waals surface area contributed by atoms with E-state index < -0.39 is 0 Å². The lowest BCUT2D eigenvalue weighted by molar-refractivity contribution is 0.0948. The molecule has 1 saturated heterocycles. The van der Waals surface area contributed by atoms with Crippen LogP contribution in [0.3, 0.4) is 0 Å². The van der Waals surface area contributed by atoms with Crippen LogP contribution in [0.25, 0.3) is 0 Å². The van der Waals surface area contributed by atoms with E-state index in [0.717, 1.165) is 19.6 Å². The number of amides is 1. The normalized spacial score (nSPS) is 16.9. The first kappa shape index (κ1) is 14.3. The van der Waals surface area contributed by atoms with Crippen LogP contribution in [0.2, 0.25) is 5.02 Å². The van der Waals surface area contributed by atoms with Crippen LogP contribution in [-0.2, 0) is 0 Å². The molecule has 19 heavy (non-hydrogen) atoms. The van der Waals surface area contributed by atoms with Gasteiger partial charge in [0.15, 0.2) is 0 Å². The first-order valence-corrected chi connectivity index (χ1v) is 7.25. The third-order valence-electron chi connectivity index (χ3n) is 3.43. The Bertz CT molecular complexity index is 417. The zero-order valence-electron chi connectivity index (χ0n) is 11.1. The van der Waals surface area contributed by atoms with E-state index in [0.29, 0.717) is 17.1 Å². The molecule has 0 bridgehead atoms. The Hall–Kier alpha value is -1.13. The molecule has 0 aliphatic carbocycles. The molecular formula is C14H20ClN3O. The van der Waals surface area contributed by atoms with Gasteiger partial charge < -0.3 is 10.2 Å². The Morgan fingerprint density at radius 1 is 1.32 bits per heavy atom. The summed E-state index contributed by atoms with van der Waals surface area (Å²) < 4.78 is 0. The molecule has 1 aliphatic rings. The smallest absolute Gasteiger partial charge is 0.252 e. The first-order valence-electron chi connectivity index (χ1n) is 6.87. The molecule has 2 rings (SSSR count). The van der Waals surface area contributed by atoms with Gasteiger partial charge in [0, 0.05) is 25.5 Å². The van der Waals surface area contributed by atoms with Crippen LogP contribution in [0.1, 0.15) is 36.0 Å². The van der Waals surface area contributed by atoms with E-state index in [1.165, 1.54) is 31.9 Å². The molecular weight excluding hydrogens is 262 g/mol. The molecule has 0 aromatic carbocycles. The lowest BCUT2D eigenvalue weighted by Crippen LogP contribution is -2.35. The van der Waals surface area contributed by atoms with Crippen molar-refractivity contribution in [1.29, 1.82) is 0 Å². The number of hydrogen-bond donors (Lipinski definition) is 1. The quantitative estimate of drug-likeness (QED) is 0.921. The predicted molar refractivity (Wildman–Crippen MR) is 76.5 cm³/mol. The van der Waals surface area contributed by atoms with Crippen molar-refractivity contribution < 1.29 is 4.79 Å². The maximum Gasteiger partial charge on any atom is 0.252 e. The summed E-state index contributed by atoms with van der Waals surface area (Å²) >= 11 is 5.93. The van der Waals surface area contributed by atoms with Crippen LogP contribution in [0.15, 0.2) is 18.5 Å². The second kappa shape index (κ2) is 7.46. The van der Waals surface area contributed by atoms with Gasteiger partial charge in [0.25, 0.3) is 5.91 Å². The molecule has 4 nitrogen and oxygen atoms in total. The molecule has 104 valence electrons. The zero-order chi connectivity index (χ0) is 13.5. The van der Waals surface area contributed by atoms with Gasteiger partial charge >= 0.3 is 0 Å². The molecule has 1 aromatic rings. The van der Waals surface area contributed by atoms with Crippen LogP contribution in [0.4, 0.5) is 0 Å². The number of hydrogen-bond acceptors (Lipinski definition) is 3. The lowest BCUT2D eigenvalue weighted by Gasteiger charge is -2.19. The van der Waals surface area contributed by atoms with E-state index in [9.17, 15) is 4.79 Å². The molecule has 5 heteroatoms. The maximum atomic E-state index is 11.9. The van der Waals surface area contributed by atoms with Gasteiger partial charge in [0.2, 0.25) is 0 Å². The van der Waals surface area contributed by atoms with Gasteiger partial charge in [-0.3, -0.25) is 9.78 Å². The maximum absolute atomic E-state index is 11.9. The van der Waals surface area contributed by atoms with Gasteiger partial charge in [0.1, 0.15) is 0 Å². The highest BCUT2D eigenvalue weighted by Crippen LogP contribution is 2.13. The van der Waals surface area contributed by atoms with Gasteiger partial charge in [-0.05, 0) is 32.0 Å². The zero-order valence-corrected chi connectivity index (χ0v) is 11.8. The summed E-state index contributed by atoms with van der Waals surface area (Å²) in [5, 5.41) is 3.31. The minimum atomic E-state index is -0.123. The fraction of sp³-hybridized carbons (Fsp3) is 0.571. The van der Waals surface area contributed by atoms with E-state index in [1.807, 2.05) is 0 Å². The fourth-order valence-corrected chi connectivity index (χ4v) is 2.55. The molecule has 0 saturated carbocycles. The Balaban J connectivity index is 1.76. The topological polar surface area (TPSA) is 45.2 Å². The van der Waals surface area contributed by atoms with Crippen molar-refractivity contribution in [2.45, 2.75) is 25.7 Å². The fourth-order valence-electron chi connectivity index (χ4n) is 2.34. The summed E-state index contributed by atoms with van der Waals surface area (Å²) in [6.07, 6.45) is 8.26. The summed E-state index contributed by atoms with van der Waals surface area (Å²) in [6.45, 7) is 3.86. The number of pyridine rings is 1. The van der Waals surface area contributed by atoms with E-state index in [2.05, 4.69) is 15.2 Å². The van der Waals surface area contributed by atoms with E-state index in [-0.39, 0.29) is 5.91 Å². The average Bonchev–Trinajstić information content (AvgIpc) is 2.68. The molecule has 0 unspecified atom stereocenters. The molecule has 1 N–H and O–H groups in total. The number of carbonyl (C=O) groups excluding carboxylic acids is 1. The van der Waals surface area contributed by atoms with Gasteiger partial charge in [-0.25, -0.2) is 0 Å². The van der Waals surface area contributed by atoms with Gasteiger partial charge in [-0.15, -0.1) is 0 Å². The largest absolute Gasteiger partial charge is 0.351 e. The number of carbonyl (C=O) groups is 1. The number of likely N-dealkylation sites (tertiary alicyclic amines) is 1. The third-order valence-corrected chi connectivity index (χ3v) is 3.73. The SMILES string of the molecule is O=C(NCCN1CCCCCC1)c1ccncc1Cl. The highest BCUT2D eigenvalue weighted by Gasteiger charge is 2.11. The molecule has 1 fully saturated rings. The van der Waals surface area contributed by atoms with Crippen molar-refractivity contribution in [3.05, 3.63) is 29.0 Å². The Morgan fingerprint density at radius 2 is 2.05 bits per heavy atom. The van der Waals surface area contributed by atoms with Crippen molar-refractivity contribution in [2.24, 2.45) is 0 Å². The lowest BCUT2D eigenvalue weighted by atomic mass is 10.2. The van der Waals surface area contributed by atoms with Crippen LogP contribution in [0, 0.1) is 0 Å². The Kier molecular flexibility index (Phi) is 5.61. The standard InChI is InChI=1S/C14H20ClN3O/c15-13-11-16-6-5-12(13)14(19)17-7-10-18-8-3-1-2-4-9-18/h5-6,11H,1-4,7-10H2,(H,17,19).